The van der Waals surface area contributed by atoms with Gasteiger partial charge in [0.1, 0.15) is 0 Å². The molecule has 1 rings (SSSR count). The number of aromatic nitrogens is 1. The molecule has 1 aromatic rings. The van der Waals surface area contributed by atoms with Crippen LogP contribution in [-0.4, -0.2) is 56.8 Å². The number of nitrogens with zero attached hydrogens (tertiary/aromatic N) is 3. The summed E-state index contributed by atoms with van der Waals surface area (Å²) in [6, 6.07) is 4.06. The van der Waals surface area contributed by atoms with Gasteiger partial charge in [-0.1, -0.05) is 0 Å². The van der Waals surface area contributed by atoms with Gasteiger partial charge in [-0.15, -0.1) is 0 Å². The molecule has 0 atom stereocenters. The molecule has 0 unspecified atom stereocenters. The monoisotopic (exact) mass is 315 g/mol. The van der Waals surface area contributed by atoms with Crippen LogP contribution in [0, 0.1) is 0 Å². The molecule has 1 aromatic heterocycles. The minimum Gasteiger partial charge on any atom is -0.357 e. The molecule has 0 aliphatic carbocycles. The first-order chi connectivity index (χ1) is 9.83. The molecular weight excluding hydrogens is 290 g/mol. The van der Waals surface area contributed by atoms with E-state index in [9.17, 15) is 8.42 Å². The van der Waals surface area contributed by atoms with Gasteiger partial charge in [0, 0.05) is 39.1 Å². The van der Waals surface area contributed by atoms with Crippen LogP contribution < -0.4 is 10.0 Å². The molecular formula is C13H25N5O2S. The van der Waals surface area contributed by atoms with E-state index in [0.29, 0.717) is 13.1 Å². The van der Waals surface area contributed by atoms with Crippen molar-refractivity contribution in [3.05, 3.63) is 24.0 Å². The first-order valence-corrected chi connectivity index (χ1v) is 8.77. The van der Waals surface area contributed by atoms with Gasteiger partial charge < -0.3 is 14.8 Å². The van der Waals surface area contributed by atoms with Crippen LogP contribution in [0.25, 0.3) is 0 Å². The molecule has 0 aliphatic rings. The molecule has 7 nitrogen and oxygen atoms in total. The standard InChI is InChI=1S/C13H25N5O2S/c1-5-14-13(15-8-9-16-21(4,19)20)18(3)11-12-7-6-10-17(12)2/h6-7,10,16H,5,8-9,11H2,1-4H3,(H,14,15). The molecule has 0 amide bonds. The normalized spacial score (nSPS) is 12.5. The Bertz CT molecular complexity index is 565. The van der Waals surface area contributed by atoms with Crippen molar-refractivity contribution >= 4 is 16.0 Å². The zero-order valence-corrected chi connectivity index (χ0v) is 13.9. The Balaban J connectivity index is 2.60. The Morgan fingerprint density at radius 1 is 1.48 bits per heavy atom. The molecule has 120 valence electrons. The molecule has 0 bridgehead atoms. The second kappa shape index (κ2) is 8.04. The topological polar surface area (TPSA) is 78.7 Å². The van der Waals surface area contributed by atoms with Crippen molar-refractivity contribution in [2.75, 3.05) is 32.9 Å². The number of hydrogen-bond acceptors (Lipinski definition) is 3. The molecule has 0 aromatic carbocycles. The van der Waals surface area contributed by atoms with Gasteiger partial charge in [-0.25, -0.2) is 13.1 Å². The van der Waals surface area contributed by atoms with Crippen LogP contribution in [0.2, 0.25) is 0 Å². The smallest absolute Gasteiger partial charge is 0.208 e. The number of nitrogens with one attached hydrogen (secondary N) is 2. The van der Waals surface area contributed by atoms with Crippen LogP contribution in [0.1, 0.15) is 12.6 Å². The zero-order valence-electron chi connectivity index (χ0n) is 13.1. The van der Waals surface area contributed by atoms with Crippen molar-refractivity contribution in [2.24, 2.45) is 12.0 Å². The minimum atomic E-state index is -3.16. The van der Waals surface area contributed by atoms with Crippen LogP contribution in [-0.2, 0) is 23.6 Å². The predicted octanol–water partition coefficient (Wildman–Crippen LogP) is -0.0284. The summed E-state index contributed by atoms with van der Waals surface area (Å²) in [7, 11) is 0.802. The van der Waals surface area contributed by atoms with E-state index in [-0.39, 0.29) is 0 Å². The summed E-state index contributed by atoms with van der Waals surface area (Å²) in [6.07, 6.45) is 3.15. The maximum absolute atomic E-state index is 11.0. The quantitative estimate of drug-likeness (QED) is 0.421. The van der Waals surface area contributed by atoms with Crippen molar-refractivity contribution < 1.29 is 8.42 Å². The summed E-state index contributed by atoms with van der Waals surface area (Å²) in [5.74, 6) is 0.758. The number of aryl methyl sites for hydroxylation is 1. The van der Waals surface area contributed by atoms with E-state index in [2.05, 4.69) is 25.7 Å². The summed E-state index contributed by atoms with van der Waals surface area (Å²) in [5.41, 5.74) is 1.18. The third-order valence-corrected chi connectivity index (χ3v) is 3.61. The first kappa shape index (κ1) is 17.5. The Kier molecular flexibility index (Phi) is 6.70. The van der Waals surface area contributed by atoms with Gasteiger partial charge >= 0.3 is 0 Å². The van der Waals surface area contributed by atoms with E-state index in [1.165, 1.54) is 5.69 Å². The summed E-state index contributed by atoms with van der Waals surface area (Å²) in [4.78, 5) is 6.44. The zero-order chi connectivity index (χ0) is 15.9. The lowest BCUT2D eigenvalue weighted by atomic mass is 10.4. The van der Waals surface area contributed by atoms with E-state index in [1.807, 2.05) is 38.2 Å². The second-order valence-corrected chi connectivity index (χ2v) is 6.70. The Labute approximate surface area is 127 Å². The lowest BCUT2D eigenvalue weighted by Gasteiger charge is -2.22. The predicted molar refractivity (Wildman–Crippen MR) is 85.7 cm³/mol. The average molecular weight is 315 g/mol. The van der Waals surface area contributed by atoms with Gasteiger partial charge in [0.05, 0.1) is 19.3 Å². The number of hydrogen-bond donors (Lipinski definition) is 2. The molecule has 2 N–H and O–H groups in total. The molecule has 0 fully saturated rings. The van der Waals surface area contributed by atoms with Crippen molar-refractivity contribution in [1.29, 1.82) is 0 Å². The SMILES string of the molecule is CCNC(=NCCNS(C)(=O)=O)N(C)Cc1cccn1C. The highest BCUT2D eigenvalue weighted by atomic mass is 32.2. The van der Waals surface area contributed by atoms with Gasteiger partial charge in [0.25, 0.3) is 0 Å². The van der Waals surface area contributed by atoms with Gasteiger partial charge in [0.2, 0.25) is 10.0 Å². The van der Waals surface area contributed by atoms with E-state index in [4.69, 9.17) is 0 Å². The van der Waals surface area contributed by atoms with Gasteiger partial charge in [-0.3, -0.25) is 4.99 Å². The minimum absolute atomic E-state index is 0.297. The second-order valence-electron chi connectivity index (χ2n) is 4.87. The average Bonchev–Trinajstić information content (AvgIpc) is 2.77. The number of rotatable bonds is 7. The van der Waals surface area contributed by atoms with Gasteiger partial charge in [0.15, 0.2) is 5.96 Å². The summed E-state index contributed by atoms with van der Waals surface area (Å²) >= 11 is 0. The van der Waals surface area contributed by atoms with Crippen molar-refractivity contribution in [3.8, 4) is 0 Å². The third kappa shape index (κ3) is 6.63. The van der Waals surface area contributed by atoms with E-state index < -0.39 is 10.0 Å². The van der Waals surface area contributed by atoms with E-state index in [1.54, 1.807) is 0 Å². The van der Waals surface area contributed by atoms with Gasteiger partial charge in [-0.2, -0.15) is 0 Å². The molecule has 0 saturated heterocycles. The molecule has 0 radical (unpaired) electrons. The summed E-state index contributed by atoms with van der Waals surface area (Å²) in [6.45, 7) is 4.18. The largest absolute Gasteiger partial charge is 0.357 e. The Morgan fingerprint density at radius 2 is 2.19 bits per heavy atom. The lowest BCUT2D eigenvalue weighted by molar-refractivity contribution is 0.462. The highest BCUT2D eigenvalue weighted by Crippen LogP contribution is 2.03. The van der Waals surface area contributed by atoms with Crippen LogP contribution in [0.5, 0.6) is 0 Å². The fourth-order valence-electron chi connectivity index (χ4n) is 1.84. The van der Waals surface area contributed by atoms with Crippen LogP contribution in [0.3, 0.4) is 0 Å². The maximum atomic E-state index is 11.0. The third-order valence-electron chi connectivity index (χ3n) is 2.88. The Morgan fingerprint density at radius 3 is 2.71 bits per heavy atom. The van der Waals surface area contributed by atoms with Crippen LogP contribution >= 0.6 is 0 Å². The molecule has 0 spiro atoms. The number of aliphatic imine (C=N–C) groups is 1. The Hall–Kier alpha value is -1.54. The van der Waals surface area contributed by atoms with E-state index in [0.717, 1.165) is 25.3 Å². The maximum Gasteiger partial charge on any atom is 0.208 e. The van der Waals surface area contributed by atoms with Crippen LogP contribution in [0.4, 0.5) is 0 Å². The summed E-state index contributed by atoms with van der Waals surface area (Å²) < 4.78 is 26.5. The van der Waals surface area contributed by atoms with Crippen molar-refractivity contribution in [1.82, 2.24) is 19.5 Å². The van der Waals surface area contributed by atoms with Crippen LogP contribution in [0.15, 0.2) is 23.3 Å². The molecule has 21 heavy (non-hydrogen) atoms. The molecule has 0 aliphatic heterocycles. The molecule has 1 heterocycles. The lowest BCUT2D eigenvalue weighted by Crippen LogP contribution is -2.39. The summed E-state index contributed by atoms with van der Waals surface area (Å²) in [5, 5.41) is 3.20. The fraction of sp³-hybridized carbons (Fsp3) is 0.615. The number of sulfonamides is 1. The number of guanidine groups is 1. The highest BCUT2D eigenvalue weighted by molar-refractivity contribution is 7.88. The van der Waals surface area contributed by atoms with Crippen molar-refractivity contribution in [3.63, 3.8) is 0 Å². The fourth-order valence-corrected chi connectivity index (χ4v) is 2.30. The van der Waals surface area contributed by atoms with Crippen molar-refractivity contribution in [2.45, 2.75) is 13.5 Å². The molecule has 0 saturated carbocycles. The molecule has 8 heteroatoms. The van der Waals surface area contributed by atoms with E-state index >= 15 is 0 Å². The van der Waals surface area contributed by atoms with Gasteiger partial charge in [-0.05, 0) is 19.1 Å². The highest BCUT2D eigenvalue weighted by Gasteiger charge is 2.08. The first-order valence-electron chi connectivity index (χ1n) is 6.87.